The Hall–Kier alpha value is -3.73. The van der Waals surface area contributed by atoms with Crippen LogP contribution in [0.3, 0.4) is 0 Å². The van der Waals surface area contributed by atoms with Gasteiger partial charge in [-0.25, -0.2) is 4.79 Å². The van der Waals surface area contributed by atoms with Crippen LogP contribution >= 0.6 is 24.0 Å². The number of halogens is 1. The van der Waals surface area contributed by atoms with E-state index in [2.05, 4.69) is 5.32 Å². The minimum Gasteiger partial charge on any atom is -0.480 e. The molecule has 3 aromatic carbocycles. The third kappa shape index (κ3) is 9.02. The zero-order valence-corrected chi connectivity index (χ0v) is 20.9. The van der Waals surface area contributed by atoms with E-state index in [9.17, 15) is 19.5 Å². The number of anilines is 1. The largest absolute Gasteiger partial charge is 0.480 e. The van der Waals surface area contributed by atoms with Crippen LogP contribution in [-0.2, 0) is 11.2 Å². The van der Waals surface area contributed by atoms with E-state index < -0.39 is 17.9 Å². The van der Waals surface area contributed by atoms with Gasteiger partial charge in [0.2, 0.25) is 0 Å². The summed E-state index contributed by atoms with van der Waals surface area (Å²) in [5.74, 6) is -1.60. The number of benzene rings is 3. The Morgan fingerprint density at radius 2 is 1.38 bits per heavy atom. The van der Waals surface area contributed by atoms with Crippen molar-refractivity contribution in [1.82, 2.24) is 5.32 Å². The minimum atomic E-state index is -1.09. The zero-order chi connectivity index (χ0) is 24.4. The number of amides is 1. The highest BCUT2D eigenvalue weighted by Gasteiger charge is 2.21. The van der Waals surface area contributed by atoms with Gasteiger partial charge in [0.15, 0.2) is 5.78 Å². The van der Waals surface area contributed by atoms with Crippen LogP contribution in [0.15, 0.2) is 78.9 Å². The van der Waals surface area contributed by atoms with Crippen molar-refractivity contribution in [2.45, 2.75) is 19.4 Å². The summed E-state index contributed by atoms with van der Waals surface area (Å²) in [7, 11) is 0. The Labute approximate surface area is 214 Å². The molecule has 178 valence electrons. The normalized spacial score (nSPS) is 10.5. The fourth-order valence-electron chi connectivity index (χ4n) is 2.81. The standard InChI is InChI=1S/C17H17N3O3.C8H9NO.HI/c18-15(19)12-6-8-13(9-7-12)16(21)20-14(17(22)23)10-11-4-2-1-3-5-11;1-6(10)7-2-4-8(9)5-3-7;/h1-9,14H,10H2,(H3,18,19)(H,20,21)(H,22,23);2-5H,9H2,1H3;1H/t14-;;/m0../s1. The fraction of sp³-hybridized carbons (Fsp3) is 0.120. The van der Waals surface area contributed by atoms with Crippen molar-refractivity contribution in [2.75, 3.05) is 5.73 Å². The van der Waals surface area contributed by atoms with Crippen LogP contribution < -0.4 is 16.8 Å². The first-order valence-electron chi connectivity index (χ1n) is 10.1. The molecule has 7 N–H and O–H groups in total. The molecule has 0 aliphatic rings. The van der Waals surface area contributed by atoms with Crippen molar-refractivity contribution in [3.05, 3.63) is 101 Å². The number of hydrogen-bond donors (Lipinski definition) is 5. The lowest BCUT2D eigenvalue weighted by atomic mass is 10.1. The second-order valence-electron chi connectivity index (χ2n) is 7.22. The molecule has 0 saturated heterocycles. The number of aliphatic carboxylic acids is 1. The number of carboxylic acid groups (broad SMARTS) is 1. The predicted molar refractivity (Wildman–Crippen MR) is 143 cm³/mol. The van der Waals surface area contributed by atoms with Crippen LogP contribution in [0.1, 0.15) is 38.8 Å². The number of ketones is 1. The number of hydrogen-bond acceptors (Lipinski definition) is 5. The number of nitrogens with one attached hydrogen (secondary N) is 2. The third-order valence-corrected chi connectivity index (χ3v) is 4.66. The van der Waals surface area contributed by atoms with Gasteiger partial charge in [0.25, 0.3) is 5.91 Å². The van der Waals surface area contributed by atoms with Crippen LogP contribution in [0, 0.1) is 5.41 Å². The monoisotopic (exact) mass is 574 g/mol. The molecule has 1 amide bonds. The van der Waals surface area contributed by atoms with Gasteiger partial charge in [0, 0.05) is 28.8 Å². The Bertz CT molecular complexity index is 1120. The molecule has 3 aromatic rings. The van der Waals surface area contributed by atoms with Crippen molar-refractivity contribution in [3.8, 4) is 0 Å². The summed E-state index contributed by atoms with van der Waals surface area (Å²) in [6, 6.07) is 21.1. The fourth-order valence-corrected chi connectivity index (χ4v) is 2.81. The van der Waals surface area contributed by atoms with Gasteiger partial charge in [-0.2, -0.15) is 0 Å². The SMILES string of the molecule is CC(=O)c1ccc(N)cc1.I.N=C(N)c1ccc(C(=O)N[C@@H](Cc2ccccc2)C(=O)O)cc1. The quantitative estimate of drug-likeness (QED) is 0.0956. The predicted octanol–water partition coefficient (Wildman–Crippen LogP) is 3.49. The average molecular weight is 574 g/mol. The summed E-state index contributed by atoms with van der Waals surface area (Å²) < 4.78 is 0. The molecule has 0 unspecified atom stereocenters. The number of carbonyl (C=O) groups excluding carboxylic acids is 2. The number of rotatable bonds is 7. The van der Waals surface area contributed by atoms with E-state index in [4.69, 9.17) is 16.9 Å². The highest BCUT2D eigenvalue weighted by Crippen LogP contribution is 2.08. The Morgan fingerprint density at radius 1 is 0.882 bits per heavy atom. The smallest absolute Gasteiger partial charge is 0.326 e. The van der Waals surface area contributed by atoms with Gasteiger partial charge in [-0.3, -0.25) is 15.0 Å². The molecule has 0 spiro atoms. The van der Waals surface area contributed by atoms with Crippen molar-refractivity contribution in [1.29, 1.82) is 5.41 Å². The van der Waals surface area contributed by atoms with Crippen molar-refractivity contribution in [2.24, 2.45) is 5.73 Å². The molecule has 0 heterocycles. The summed E-state index contributed by atoms with van der Waals surface area (Å²) in [5.41, 5.74) is 13.8. The van der Waals surface area contributed by atoms with Gasteiger partial charge in [-0.15, -0.1) is 24.0 Å². The highest BCUT2D eigenvalue weighted by atomic mass is 127. The molecule has 0 aliphatic heterocycles. The Morgan fingerprint density at radius 3 is 1.85 bits per heavy atom. The second kappa shape index (κ2) is 13.7. The van der Waals surface area contributed by atoms with E-state index in [-0.39, 0.29) is 42.0 Å². The van der Waals surface area contributed by atoms with Crippen LogP contribution in [0.4, 0.5) is 5.69 Å². The van der Waals surface area contributed by atoms with E-state index in [1.165, 1.54) is 19.1 Å². The number of carbonyl (C=O) groups is 3. The number of amidine groups is 1. The van der Waals surface area contributed by atoms with Crippen LogP contribution in [0.2, 0.25) is 0 Å². The summed E-state index contributed by atoms with van der Waals surface area (Å²) in [6.45, 7) is 1.53. The number of Topliss-reactive ketones (excluding diaryl/α,β-unsaturated/α-hetero) is 1. The van der Waals surface area contributed by atoms with Gasteiger partial charge in [-0.05, 0) is 48.9 Å². The number of nitrogens with two attached hydrogens (primary N) is 2. The molecule has 9 heteroatoms. The maximum Gasteiger partial charge on any atom is 0.326 e. The molecule has 0 aliphatic carbocycles. The first-order chi connectivity index (χ1) is 15.7. The molecule has 1 atom stereocenters. The van der Waals surface area contributed by atoms with Gasteiger partial charge < -0.3 is 21.9 Å². The van der Waals surface area contributed by atoms with Gasteiger partial charge >= 0.3 is 5.97 Å². The molecule has 0 radical (unpaired) electrons. The summed E-state index contributed by atoms with van der Waals surface area (Å²) in [5, 5.41) is 19.1. The van der Waals surface area contributed by atoms with Crippen molar-refractivity contribution >= 4 is 53.2 Å². The molecule has 0 bridgehead atoms. The Kier molecular flexibility index (Phi) is 11.4. The van der Waals surface area contributed by atoms with Gasteiger partial charge in [0.1, 0.15) is 11.9 Å². The van der Waals surface area contributed by atoms with Crippen LogP contribution in [0.25, 0.3) is 0 Å². The van der Waals surface area contributed by atoms with E-state index in [1.807, 2.05) is 30.3 Å². The first kappa shape index (κ1) is 28.3. The van der Waals surface area contributed by atoms with Crippen molar-refractivity contribution < 1.29 is 19.5 Å². The summed E-state index contributed by atoms with van der Waals surface area (Å²) >= 11 is 0. The van der Waals surface area contributed by atoms with Crippen LogP contribution in [0.5, 0.6) is 0 Å². The molecule has 0 fully saturated rings. The van der Waals surface area contributed by atoms with E-state index >= 15 is 0 Å². The van der Waals surface area contributed by atoms with Gasteiger partial charge in [-0.1, -0.05) is 42.5 Å². The number of nitrogen functional groups attached to an aromatic ring is 2. The Balaban J connectivity index is 0.000000442. The molecular weight excluding hydrogens is 547 g/mol. The lowest BCUT2D eigenvalue weighted by Crippen LogP contribution is -2.42. The molecule has 0 saturated carbocycles. The average Bonchev–Trinajstić information content (AvgIpc) is 2.80. The summed E-state index contributed by atoms with van der Waals surface area (Å²) in [4.78, 5) is 34.2. The van der Waals surface area contributed by atoms with E-state index in [1.54, 1.807) is 36.4 Å². The zero-order valence-electron chi connectivity index (χ0n) is 18.5. The lowest BCUT2D eigenvalue weighted by molar-refractivity contribution is -0.139. The van der Waals surface area contributed by atoms with E-state index in [0.717, 1.165) is 5.56 Å². The van der Waals surface area contributed by atoms with Gasteiger partial charge in [0.05, 0.1) is 0 Å². The van der Waals surface area contributed by atoms with Crippen molar-refractivity contribution in [3.63, 3.8) is 0 Å². The molecule has 3 rings (SSSR count). The topological polar surface area (TPSA) is 159 Å². The summed E-state index contributed by atoms with van der Waals surface area (Å²) in [6.07, 6.45) is 0.202. The molecule has 34 heavy (non-hydrogen) atoms. The lowest BCUT2D eigenvalue weighted by Gasteiger charge is -2.15. The maximum absolute atomic E-state index is 12.2. The minimum absolute atomic E-state index is 0. The highest BCUT2D eigenvalue weighted by molar-refractivity contribution is 14.0. The molecular formula is C25H27IN4O4. The maximum atomic E-state index is 12.2. The third-order valence-electron chi connectivity index (χ3n) is 4.66. The molecule has 0 aromatic heterocycles. The number of carboxylic acids is 1. The van der Waals surface area contributed by atoms with E-state index in [0.29, 0.717) is 22.4 Å². The second-order valence-corrected chi connectivity index (χ2v) is 7.22. The molecule has 8 nitrogen and oxygen atoms in total. The van der Waals surface area contributed by atoms with Crippen LogP contribution in [-0.4, -0.2) is 34.6 Å². The first-order valence-corrected chi connectivity index (χ1v) is 10.1.